The summed E-state index contributed by atoms with van der Waals surface area (Å²) >= 11 is 0. The molecule has 0 bridgehead atoms. The lowest BCUT2D eigenvalue weighted by atomic mass is 10.0. The maximum atomic E-state index is 12.5. The number of hydrogen-bond acceptors (Lipinski definition) is 4. The zero-order chi connectivity index (χ0) is 21.4. The first-order valence-electron chi connectivity index (χ1n) is 10.5. The number of rotatable bonds is 8. The van der Waals surface area contributed by atoms with Gasteiger partial charge in [0.25, 0.3) is 0 Å². The van der Waals surface area contributed by atoms with Crippen LogP contribution in [0.4, 0.5) is 16.2 Å². The van der Waals surface area contributed by atoms with Gasteiger partial charge in [-0.05, 0) is 37.0 Å². The molecule has 0 spiro atoms. The van der Waals surface area contributed by atoms with E-state index >= 15 is 0 Å². The number of amides is 3. The first-order chi connectivity index (χ1) is 13.8. The minimum absolute atomic E-state index is 0.0497. The van der Waals surface area contributed by atoms with Crippen molar-refractivity contribution in [2.24, 2.45) is 11.8 Å². The average molecular weight is 405 g/mol. The van der Waals surface area contributed by atoms with Crippen LogP contribution in [0.3, 0.4) is 0 Å². The van der Waals surface area contributed by atoms with Crippen molar-refractivity contribution in [1.29, 1.82) is 0 Å². The van der Waals surface area contributed by atoms with E-state index in [0.717, 1.165) is 38.3 Å². The highest BCUT2D eigenvalue weighted by atomic mass is 16.5. The molecule has 1 saturated heterocycles. The molecule has 0 saturated carbocycles. The Bertz CT molecular complexity index is 685. The van der Waals surface area contributed by atoms with E-state index < -0.39 is 0 Å². The van der Waals surface area contributed by atoms with Crippen LogP contribution in [0, 0.1) is 18.8 Å². The molecule has 1 aromatic rings. The Hall–Kier alpha value is -2.12. The summed E-state index contributed by atoms with van der Waals surface area (Å²) < 4.78 is 5.45. The second kappa shape index (κ2) is 11.2. The molecule has 1 aliphatic heterocycles. The number of carbonyl (C=O) groups excluding carboxylic acids is 2. The van der Waals surface area contributed by atoms with Crippen LogP contribution in [0.25, 0.3) is 0 Å². The van der Waals surface area contributed by atoms with Crippen LogP contribution in [0.5, 0.6) is 0 Å². The van der Waals surface area contributed by atoms with E-state index in [4.69, 9.17) is 4.74 Å². The Morgan fingerprint density at radius 3 is 2.41 bits per heavy atom. The molecule has 7 nitrogen and oxygen atoms in total. The summed E-state index contributed by atoms with van der Waals surface area (Å²) in [6, 6.07) is 5.59. The standard InChI is InChI=1S/C22H36N4O3/c1-15(2)12-19(26-8-10-29-11-9-26)14-23-22(28)25-20-13-18(7-6-17(20)5)24-21(27)16(3)4/h6-7,13,15-16,19H,8-12,14H2,1-5H3,(H,24,27)(H2,23,25,28). The third-order valence-corrected chi connectivity index (χ3v) is 5.08. The zero-order valence-corrected chi connectivity index (χ0v) is 18.4. The third kappa shape index (κ3) is 7.66. The minimum atomic E-state index is -0.234. The van der Waals surface area contributed by atoms with Gasteiger partial charge in [0.1, 0.15) is 0 Å². The fraction of sp³-hybridized carbons (Fsp3) is 0.636. The van der Waals surface area contributed by atoms with Crippen molar-refractivity contribution in [2.75, 3.05) is 43.5 Å². The summed E-state index contributed by atoms with van der Waals surface area (Å²) in [7, 11) is 0. The topological polar surface area (TPSA) is 82.7 Å². The fourth-order valence-corrected chi connectivity index (χ4v) is 3.35. The molecule has 29 heavy (non-hydrogen) atoms. The lowest BCUT2D eigenvalue weighted by molar-refractivity contribution is -0.118. The van der Waals surface area contributed by atoms with E-state index in [9.17, 15) is 9.59 Å². The monoisotopic (exact) mass is 404 g/mol. The van der Waals surface area contributed by atoms with Crippen LogP contribution in [0.15, 0.2) is 18.2 Å². The SMILES string of the molecule is Cc1ccc(NC(=O)C(C)C)cc1NC(=O)NCC(CC(C)C)N1CCOCC1. The lowest BCUT2D eigenvalue weighted by Gasteiger charge is -2.35. The number of benzene rings is 1. The second-order valence-electron chi connectivity index (χ2n) is 8.44. The van der Waals surface area contributed by atoms with Crippen molar-refractivity contribution >= 4 is 23.3 Å². The first kappa shape index (κ1) is 23.2. The van der Waals surface area contributed by atoms with Crippen LogP contribution < -0.4 is 16.0 Å². The van der Waals surface area contributed by atoms with Crippen LogP contribution in [0.2, 0.25) is 0 Å². The normalized spacial score (nSPS) is 16.0. The predicted molar refractivity (Wildman–Crippen MR) is 117 cm³/mol. The number of morpholine rings is 1. The third-order valence-electron chi connectivity index (χ3n) is 5.08. The molecule has 7 heteroatoms. The summed E-state index contributed by atoms with van der Waals surface area (Å²) in [4.78, 5) is 26.8. The number of hydrogen-bond donors (Lipinski definition) is 3. The number of ether oxygens (including phenoxy) is 1. The van der Waals surface area contributed by atoms with Gasteiger partial charge in [0, 0.05) is 43.0 Å². The summed E-state index contributed by atoms with van der Waals surface area (Å²) in [6.07, 6.45) is 1.02. The minimum Gasteiger partial charge on any atom is -0.379 e. The molecule has 0 aliphatic carbocycles. The molecule has 2 rings (SSSR count). The molecule has 0 radical (unpaired) electrons. The maximum Gasteiger partial charge on any atom is 0.319 e. The Kier molecular flexibility index (Phi) is 8.92. The molecular weight excluding hydrogens is 368 g/mol. The second-order valence-corrected chi connectivity index (χ2v) is 8.44. The summed E-state index contributed by atoms with van der Waals surface area (Å²) in [5.41, 5.74) is 2.31. The molecule has 3 amide bonds. The van der Waals surface area contributed by atoms with E-state index in [1.165, 1.54) is 0 Å². The van der Waals surface area contributed by atoms with Crippen molar-refractivity contribution in [1.82, 2.24) is 10.2 Å². The summed E-state index contributed by atoms with van der Waals surface area (Å²) in [5, 5.41) is 8.81. The molecule has 0 aromatic heterocycles. The van der Waals surface area contributed by atoms with Gasteiger partial charge in [-0.3, -0.25) is 9.69 Å². The molecule has 1 unspecified atom stereocenters. The molecular formula is C22H36N4O3. The first-order valence-corrected chi connectivity index (χ1v) is 10.5. The van der Waals surface area contributed by atoms with E-state index in [2.05, 4.69) is 34.7 Å². The Labute approximate surface area is 174 Å². The fourth-order valence-electron chi connectivity index (χ4n) is 3.35. The Morgan fingerprint density at radius 2 is 1.79 bits per heavy atom. The van der Waals surface area contributed by atoms with E-state index in [1.54, 1.807) is 6.07 Å². The zero-order valence-electron chi connectivity index (χ0n) is 18.4. The largest absolute Gasteiger partial charge is 0.379 e. The van der Waals surface area contributed by atoms with Crippen molar-refractivity contribution in [2.45, 2.75) is 47.1 Å². The van der Waals surface area contributed by atoms with Gasteiger partial charge in [-0.2, -0.15) is 0 Å². The van der Waals surface area contributed by atoms with Crippen molar-refractivity contribution in [3.8, 4) is 0 Å². The van der Waals surface area contributed by atoms with Gasteiger partial charge in [-0.15, -0.1) is 0 Å². The Morgan fingerprint density at radius 1 is 1.10 bits per heavy atom. The van der Waals surface area contributed by atoms with E-state index in [1.807, 2.05) is 32.9 Å². The van der Waals surface area contributed by atoms with Crippen LogP contribution in [-0.4, -0.2) is 55.7 Å². The average Bonchev–Trinajstić information content (AvgIpc) is 2.68. The van der Waals surface area contributed by atoms with Gasteiger partial charge in [0.2, 0.25) is 5.91 Å². The number of urea groups is 1. The molecule has 1 fully saturated rings. The lowest BCUT2D eigenvalue weighted by Crippen LogP contribution is -2.49. The number of nitrogens with zero attached hydrogens (tertiary/aromatic N) is 1. The number of anilines is 2. The molecule has 3 N–H and O–H groups in total. The van der Waals surface area contributed by atoms with Gasteiger partial charge >= 0.3 is 6.03 Å². The quantitative estimate of drug-likeness (QED) is 0.620. The number of aryl methyl sites for hydroxylation is 1. The van der Waals surface area contributed by atoms with Gasteiger partial charge in [-0.25, -0.2) is 4.79 Å². The van der Waals surface area contributed by atoms with E-state index in [-0.39, 0.29) is 17.9 Å². The molecule has 1 heterocycles. The van der Waals surface area contributed by atoms with E-state index in [0.29, 0.717) is 29.9 Å². The number of nitrogens with one attached hydrogen (secondary N) is 3. The maximum absolute atomic E-state index is 12.5. The van der Waals surface area contributed by atoms with Crippen molar-refractivity contribution in [3.63, 3.8) is 0 Å². The highest BCUT2D eigenvalue weighted by Gasteiger charge is 2.22. The Balaban J connectivity index is 1.95. The molecule has 1 aliphatic rings. The predicted octanol–water partition coefficient (Wildman–Crippen LogP) is 3.46. The van der Waals surface area contributed by atoms with Crippen molar-refractivity contribution < 1.29 is 14.3 Å². The molecule has 162 valence electrons. The van der Waals surface area contributed by atoms with Crippen molar-refractivity contribution in [3.05, 3.63) is 23.8 Å². The van der Waals surface area contributed by atoms with Gasteiger partial charge < -0.3 is 20.7 Å². The van der Waals surface area contributed by atoms with Gasteiger partial charge in [-0.1, -0.05) is 33.8 Å². The summed E-state index contributed by atoms with van der Waals surface area (Å²) in [5.74, 6) is 0.400. The van der Waals surface area contributed by atoms with Crippen LogP contribution in [0.1, 0.15) is 39.7 Å². The summed E-state index contributed by atoms with van der Waals surface area (Å²) in [6.45, 7) is 13.9. The van der Waals surface area contributed by atoms with Gasteiger partial charge in [0.05, 0.1) is 13.2 Å². The smallest absolute Gasteiger partial charge is 0.319 e. The molecule has 1 atom stereocenters. The molecule has 1 aromatic carbocycles. The highest BCUT2D eigenvalue weighted by molar-refractivity contribution is 5.94. The number of carbonyl (C=O) groups is 2. The van der Waals surface area contributed by atoms with Gasteiger partial charge in [0.15, 0.2) is 0 Å². The van der Waals surface area contributed by atoms with Crippen LogP contribution >= 0.6 is 0 Å². The highest BCUT2D eigenvalue weighted by Crippen LogP contribution is 2.21. The van der Waals surface area contributed by atoms with Crippen LogP contribution in [-0.2, 0) is 9.53 Å².